The molecule has 0 amide bonds. The van der Waals surface area contributed by atoms with Crippen LogP contribution in [0.15, 0.2) is 65.5 Å². The first-order chi connectivity index (χ1) is 12.2. The van der Waals surface area contributed by atoms with Crippen LogP contribution in [0.4, 0.5) is 0 Å². The molecule has 126 valence electrons. The standard InChI is InChI=1S/C21H21N3O/c1-16-22-21(25)19-9-5-6-10-20(19)24(16)18-11-13-23(14-12-18)15-17-7-3-2-4-8-17/h2-11H,12-15H2,1H3/p+1. The molecule has 25 heavy (non-hydrogen) atoms. The molecule has 1 atom stereocenters. The molecule has 1 aliphatic heterocycles. The maximum atomic E-state index is 12.1. The molecule has 1 N–H and O–H groups in total. The van der Waals surface area contributed by atoms with Gasteiger partial charge in [0.2, 0.25) is 0 Å². The first-order valence-electron chi connectivity index (χ1n) is 8.77. The normalized spacial score (nSPS) is 17.5. The quantitative estimate of drug-likeness (QED) is 0.797. The van der Waals surface area contributed by atoms with E-state index in [-0.39, 0.29) is 5.56 Å². The largest absolute Gasteiger partial charge is 0.328 e. The molecule has 0 fully saturated rings. The number of nitrogens with one attached hydrogen (secondary N) is 1. The van der Waals surface area contributed by atoms with E-state index in [0.29, 0.717) is 5.39 Å². The number of quaternary nitrogens is 1. The predicted molar refractivity (Wildman–Crippen MR) is 100 cm³/mol. The van der Waals surface area contributed by atoms with E-state index in [1.165, 1.54) is 11.3 Å². The third-order valence-corrected chi connectivity index (χ3v) is 4.91. The van der Waals surface area contributed by atoms with Crippen molar-refractivity contribution in [3.8, 4) is 0 Å². The Labute approximate surface area is 147 Å². The zero-order chi connectivity index (χ0) is 17.2. The third kappa shape index (κ3) is 3.13. The molecule has 0 radical (unpaired) electrons. The summed E-state index contributed by atoms with van der Waals surface area (Å²) in [6.07, 6.45) is 3.28. The van der Waals surface area contributed by atoms with E-state index >= 15 is 0 Å². The molecule has 0 aliphatic carbocycles. The van der Waals surface area contributed by atoms with Crippen molar-refractivity contribution in [2.75, 3.05) is 13.1 Å². The van der Waals surface area contributed by atoms with E-state index < -0.39 is 0 Å². The Morgan fingerprint density at radius 1 is 1.08 bits per heavy atom. The first-order valence-corrected chi connectivity index (χ1v) is 8.77. The van der Waals surface area contributed by atoms with E-state index in [0.717, 1.165) is 37.4 Å². The second-order valence-corrected chi connectivity index (χ2v) is 6.63. The first kappa shape index (κ1) is 15.8. The van der Waals surface area contributed by atoms with Gasteiger partial charge in [0.25, 0.3) is 5.56 Å². The van der Waals surface area contributed by atoms with E-state index in [4.69, 9.17) is 0 Å². The van der Waals surface area contributed by atoms with Crippen LogP contribution in [0.25, 0.3) is 16.6 Å². The van der Waals surface area contributed by atoms with Gasteiger partial charge in [-0.3, -0.25) is 4.79 Å². The maximum absolute atomic E-state index is 12.1. The lowest BCUT2D eigenvalue weighted by Gasteiger charge is -2.26. The van der Waals surface area contributed by atoms with Gasteiger partial charge in [-0.05, 0) is 25.1 Å². The molecule has 0 spiro atoms. The number of fused-ring (bicyclic) bond motifs is 1. The zero-order valence-electron chi connectivity index (χ0n) is 14.4. The predicted octanol–water partition coefficient (Wildman–Crippen LogP) is 2.03. The lowest BCUT2D eigenvalue weighted by molar-refractivity contribution is -0.908. The minimum Gasteiger partial charge on any atom is -0.328 e. The topological polar surface area (TPSA) is 39.3 Å². The maximum Gasteiger partial charge on any atom is 0.280 e. The van der Waals surface area contributed by atoms with E-state index in [9.17, 15) is 4.79 Å². The molecule has 2 aromatic carbocycles. The van der Waals surface area contributed by atoms with Crippen molar-refractivity contribution in [3.05, 3.63) is 82.4 Å². The molecule has 1 aromatic heterocycles. The summed E-state index contributed by atoms with van der Waals surface area (Å²) in [5.74, 6) is 0.765. The van der Waals surface area contributed by atoms with Gasteiger partial charge in [-0.2, -0.15) is 4.98 Å². The fourth-order valence-electron chi connectivity index (χ4n) is 3.66. The van der Waals surface area contributed by atoms with Gasteiger partial charge in [0.05, 0.1) is 24.0 Å². The fraction of sp³-hybridized carbons (Fsp3) is 0.238. The number of nitrogens with zero attached hydrogens (tertiary/aromatic N) is 2. The van der Waals surface area contributed by atoms with Crippen molar-refractivity contribution >= 4 is 16.6 Å². The Morgan fingerprint density at radius 3 is 2.60 bits per heavy atom. The number of hydrogen-bond donors (Lipinski definition) is 1. The highest BCUT2D eigenvalue weighted by molar-refractivity contribution is 5.81. The average molecular weight is 332 g/mol. The molecule has 0 saturated carbocycles. The van der Waals surface area contributed by atoms with Gasteiger partial charge >= 0.3 is 0 Å². The summed E-state index contributed by atoms with van der Waals surface area (Å²) in [6.45, 7) is 5.04. The molecular formula is C21H22N3O+. The summed E-state index contributed by atoms with van der Waals surface area (Å²) in [7, 11) is 0. The number of benzene rings is 2. The van der Waals surface area contributed by atoms with Crippen molar-refractivity contribution in [1.82, 2.24) is 9.55 Å². The summed E-state index contributed by atoms with van der Waals surface area (Å²) in [4.78, 5) is 17.9. The summed E-state index contributed by atoms with van der Waals surface area (Å²) in [6, 6.07) is 18.4. The van der Waals surface area contributed by atoms with Crippen LogP contribution in [-0.2, 0) is 6.54 Å². The SMILES string of the molecule is Cc1nc(=O)c2ccccc2n1C1=CC[NH+](Cc2ccccc2)CC1. The molecule has 0 saturated heterocycles. The van der Waals surface area contributed by atoms with Crippen LogP contribution >= 0.6 is 0 Å². The molecular weight excluding hydrogens is 310 g/mol. The van der Waals surface area contributed by atoms with Crippen LogP contribution < -0.4 is 10.5 Å². The number of rotatable bonds is 3. The monoisotopic (exact) mass is 332 g/mol. The van der Waals surface area contributed by atoms with Gasteiger partial charge < -0.3 is 9.47 Å². The molecule has 2 heterocycles. The third-order valence-electron chi connectivity index (χ3n) is 4.91. The van der Waals surface area contributed by atoms with E-state index in [1.54, 1.807) is 4.90 Å². The Hall–Kier alpha value is -2.72. The molecule has 3 aromatic rings. The Morgan fingerprint density at radius 2 is 1.84 bits per heavy atom. The molecule has 1 unspecified atom stereocenters. The Bertz CT molecular complexity index is 989. The highest BCUT2D eigenvalue weighted by atomic mass is 16.1. The van der Waals surface area contributed by atoms with Gasteiger partial charge in [0.15, 0.2) is 0 Å². The number of para-hydroxylation sites is 1. The lowest BCUT2D eigenvalue weighted by Crippen LogP contribution is -3.11. The van der Waals surface area contributed by atoms with Crippen LogP contribution in [0.5, 0.6) is 0 Å². The highest BCUT2D eigenvalue weighted by Crippen LogP contribution is 2.19. The molecule has 4 rings (SSSR count). The summed E-state index contributed by atoms with van der Waals surface area (Å²) < 4.78 is 2.15. The van der Waals surface area contributed by atoms with Crippen molar-refractivity contribution in [1.29, 1.82) is 0 Å². The van der Waals surface area contributed by atoms with Crippen LogP contribution in [-0.4, -0.2) is 22.6 Å². The van der Waals surface area contributed by atoms with Crippen LogP contribution in [0.3, 0.4) is 0 Å². The highest BCUT2D eigenvalue weighted by Gasteiger charge is 2.19. The van der Waals surface area contributed by atoms with Crippen LogP contribution in [0.2, 0.25) is 0 Å². The Kier molecular flexibility index (Phi) is 4.20. The minimum atomic E-state index is -0.142. The van der Waals surface area contributed by atoms with Crippen molar-refractivity contribution < 1.29 is 4.90 Å². The van der Waals surface area contributed by atoms with Gasteiger partial charge in [-0.1, -0.05) is 42.5 Å². The second-order valence-electron chi connectivity index (χ2n) is 6.63. The van der Waals surface area contributed by atoms with E-state index in [1.807, 2.05) is 31.2 Å². The van der Waals surface area contributed by atoms with Crippen molar-refractivity contribution in [2.24, 2.45) is 0 Å². The molecule has 4 heteroatoms. The Balaban J connectivity index is 1.64. The van der Waals surface area contributed by atoms with Crippen molar-refractivity contribution in [2.45, 2.75) is 19.9 Å². The molecule has 0 bridgehead atoms. The number of aromatic nitrogens is 2. The minimum absolute atomic E-state index is 0.142. The average Bonchev–Trinajstić information content (AvgIpc) is 2.64. The van der Waals surface area contributed by atoms with Gasteiger partial charge in [-0.15, -0.1) is 0 Å². The molecule has 4 nitrogen and oxygen atoms in total. The molecule has 1 aliphatic rings. The van der Waals surface area contributed by atoms with Crippen LogP contribution in [0.1, 0.15) is 17.8 Å². The lowest BCUT2D eigenvalue weighted by atomic mass is 10.1. The van der Waals surface area contributed by atoms with Gasteiger partial charge in [0, 0.05) is 17.7 Å². The fourth-order valence-corrected chi connectivity index (χ4v) is 3.66. The van der Waals surface area contributed by atoms with Crippen molar-refractivity contribution in [3.63, 3.8) is 0 Å². The number of hydrogen-bond acceptors (Lipinski definition) is 2. The van der Waals surface area contributed by atoms with Gasteiger partial charge in [-0.25, -0.2) is 0 Å². The summed E-state index contributed by atoms with van der Waals surface area (Å²) in [5, 5.41) is 0.688. The second kappa shape index (κ2) is 6.65. The number of aryl methyl sites for hydroxylation is 1. The van der Waals surface area contributed by atoms with E-state index in [2.05, 4.69) is 46.0 Å². The smallest absolute Gasteiger partial charge is 0.280 e. The van der Waals surface area contributed by atoms with Gasteiger partial charge in [0.1, 0.15) is 12.4 Å². The zero-order valence-corrected chi connectivity index (χ0v) is 14.4. The summed E-state index contributed by atoms with van der Waals surface area (Å²) in [5.41, 5.74) is 3.44. The van der Waals surface area contributed by atoms with Crippen LogP contribution in [0, 0.1) is 6.92 Å². The summed E-state index contributed by atoms with van der Waals surface area (Å²) >= 11 is 0.